The maximum absolute atomic E-state index is 12.7. The molecule has 36 heavy (non-hydrogen) atoms. The zero-order valence-corrected chi connectivity index (χ0v) is 22.0. The normalized spacial score (nSPS) is 16.5. The smallest absolute Gasteiger partial charge is 0.162 e. The van der Waals surface area contributed by atoms with Gasteiger partial charge in [-0.3, -0.25) is 4.79 Å². The summed E-state index contributed by atoms with van der Waals surface area (Å²) in [6.45, 7) is 3.15. The summed E-state index contributed by atoms with van der Waals surface area (Å²) in [5, 5.41) is 0. The molecular weight excluding hydrogens is 462 g/mol. The quantitative estimate of drug-likeness (QED) is 0.290. The Kier molecular flexibility index (Phi) is 9.55. The number of likely N-dealkylation sites (tertiary alicyclic amines) is 1. The van der Waals surface area contributed by atoms with E-state index in [0.29, 0.717) is 12.3 Å². The molecule has 3 aromatic carbocycles. The van der Waals surface area contributed by atoms with Crippen molar-refractivity contribution in [1.82, 2.24) is 4.90 Å². The van der Waals surface area contributed by atoms with Gasteiger partial charge in [0.25, 0.3) is 0 Å². The third kappa shape index (κ3) is 6.55. The van der Waals surface area contributed by atoms with Gasteiger partial charge in [0.2, 0.25) is 0 Å². The Morgan fingerprint density at radius 1 is 0.722 bits per heavy atom. The second kappa shape index (κ2) is 13.0. The van der Waals surface area contributed by atoms with Crippen LogP contribution in [0.4, 0.5) is 0 Å². The van der Waals surface area contributed by atoms with Gasteiger partial charge in [0.15, 0.2) is 5.78 Å². The lowest BCUT2D eigenvalue weighted by molar-refractivity contribution is 0.0974. The molecule has 1 saturated heterocycles. The number of Topliss-reactive ketones (excluding diaryl/α,β-unsaturated/α-hetero) is 1. The molecule has 1 aliphatic heterocycles. The molecular formula is C33H38ClNO. The van der Waals surface area contributed by atoms with Crippen LogP contribution in [0.25, 0.3) is 5.57 Å². The van der Waals surface area contributed by atoms with E-state index in [-0.39, 0.29) is 18.2 Å². The molecule has 1 aliphatic carbocycles. The second-order valence-electron chi connectivity index (χ2n) is 10.2. The number of halogens is 1. The fourth-order valence-corrected chi connectivity index (χ4v) is 5.89. The van der Waals surface area contributed by atoms with Crippen LogP contribution in [0.15, 0.2) is 90.5 Å². The second-order valence-corrected chi connectivity index (χ2v) is 10.2. The Hall–Kier alpha value is -2.68. The van der Waals surface area contributed by atoms with Gasteiger partial charge in [-0.25, -0.2) is 0 Å². The van der Waals surface area contributed by atoms with E-state index in [9.17, 15) is 4.79 Å². The number of ketones is 1. The summed E-state index contributed by atoms with van der Waals surface area (Å²) >= 11 is 0. The van der Waals surface area contributed by atoms with E-state index in [4.69, 9.17) is 0 Å². The molecule has 1 saturated carbocycles. The van der Waals surface area contributed by atoms with E-state index in [1.807, 2.05) is 0 Å². The Labute approximate surface area is 222 Å². The predicted molar refractivity (Wildman–Crippen MR) is 153 cm³/mol. The lowest BCUT2D eigenvalue weighted by atomic mass is 9.88. The first-order chi connectivity index (χ1) is 17.3. The van der Waals surface area contributed by atoms with Crippen LogP contribution in [-0.4, -0.2) is 30.3 Å². The third-order valence-corrected chi connectivity index (χ3v) is 7.88. The number of carbonyl (C=O) groups is 1. The van der Waals surface area contributed by atoms with E-state index in [1.54, 1.807) is 5.57 Å². The van der Waals surface area contributed by atoms with Gasteiger partial charge in [-0.15, -0.1) is 12.4 Å². The van der Waals surface area contributed by atoms with Crippen LogP contribution in [0.3, 0.4) is 0 Å². The van der Waals surface area contributed by atoms with Crippen LogP contribution >= 0.6 is 12.4 Å². The van der Waals surface area contributed by atoms with Crippen LogP contribution in [0.5, 0.6) is 0 Å². The van der Waals surface area contributed by atoms with Gasteiger partial charge in [-0.05, 0) is 66.8 Å². The van der Waals surface area contributed by atoms with Crippen molar-refractivity contribution in [2.45, 2.75) is 57.3 Å². The first-order valence-corrected chi connectivity index (χ1v) is 13.5. The molecule has 0 amide bonds. The minimum absolute atomic E-state index is 0. The maximum Gasteiger partial charge on any atom is 0.162 e. The van der Waals surface area contributed by atoms with Gasteiger partial charge in [0, 0.05) is 25.1 Å². The summed E-state index contributed by atoms with van der Waals surface area (Å²) < 4.78 is 0. The van der Waals surface area contributed by atoms with E-state index in [0.717, 1.165) is 44.5 Å². The van der Waals surface area contributed by atoms with Gasteiger partial charge in [0.05, 0.1) is 0 Å². The molecule has 0 aromatic heterocycles. The SMILES string of the molecule is Cl.O=C(CCCN1CCC(=C(c2ccccc2)c2ccccc2)CC1)c1ccc(C2CCCC2)cc1. The third-order valence-electron chi connectivity index (χ3n) is 7.88. The van der Waals surface area contributed by atoms with Crippen LogP contribution < -0.4 is 0 Å². The molecule has 0 N–H and O–H groups in total. The van der Waals surface area contributed by atoms with Gasteiger partial charge in [-0.2, -0.15) is 0 Å². The Morgan fingerprint density at radius 2 is 1.28 bits per heavy atom. The minimum Gasteiger partial charge on any atom is -0.303 e. The highest BCUT2D eigenvalue weighted by molar-refractivity contribution is 5.96. The molecule has 188 valence electrons. The first kappa shape index (κ1) is 26.4. The molecule has 0 bridgehead atoms. The van der Waals surface area contributed by atoms with Crippen LogP contribution in [0, 0.1) is 0 Å². The van der Waals surface area contributed by atoms with Gasteiger partial charge in [0.1, 0.15) is 0 Å². The lowest BCUT2D eigenvalue weighted by Crippen LogP contribution is -2.32. The average molecular weight is 500 g/mol. The van der Waals surface area contributed by atoms with E-state index < -0.39 is 0 Å². The van der Waals surface area contributed by atoms with E-state index in [2.05, 4.69) is 89.8 Å². The summed E-state index contributed by atoms with van der Waals surface area (Å²) in [4.78, 5) is 15.3. The molecule has 1 heterocycles. The fourth-order valence-electron chi connectivity index (χ4n) is 5.89. The lowest BCUT2D eigenvalue weighted by Gasteiger charge is -2.30. The Morgan fingerprint density at radius 3 is 1.83 bits per heavy atom. The van der Waals surface area contributed by atoms with Crippen molar-refractivity contribution in [2.75, 3.05) is 19.6 Å². The molecule has 2 fully saturated rings. The maximum atomic E-state index is 12.7. The van der Waals surface area contributed by atoms with Gasteiger partial charge in [-0.1, -0.05) is 103 Å². The fraction of sp³-hybridized carbons (Fsp3) is 0.364. The Bertz CT molecular complexity index is 1080. The summed E-state index contributed by atoms with van der Waals surface area (Å²) in [6.07, 6.45) is 9.06. The predicted octanol–water partition coefficient (Wildman–Crippen LogP) is 8.33. The number of rotatable bonds is 8. The summed E-state index contributed by atoms with van der Waals surface area (Å²) in [7, 11) is 0. The Balaban J connectivity index is 0.00000304. The molecule has 0 radical (unpaired) electrons. The number of benzene rings is 3. The van der Waals surface area contributed by atoms with Crippen molar-refractivity contribution in [3.05, 3.63) is 113 Å². The largest absolute Gasteiger partial charge is 0.303 e. The zero-order chi connectivity index (χ0) is 23.9. The molecule has 3 aromatic rings. The van der Waals surface area contributed by atoms with Gasteiger partial charge < -0.3 is 4.90 Å². The topological polar surface area (TPSA) is 20.3 Å². The molecule has 2 nitrogen and oxygen atoms in total. The summed E-state index contributed by atoms with van der Waals surface area (Å²) in [6, 6.07) is 30.1. The van der Waals surface area contributed by atoms with E-state index in [1.165, 1.54) is 47.9 Å². The standard InChI is InChI=1S/C33H37NO.ClH/c35-32(28-19-17-27(18-20-28)26-10-7-8-11-26)16-9-23-34-24-21-31(22-25-34)33(29-12-3-1-4-13-29)30-14-5-2-6-15-30;/h1-6,12-15,17-20,26H,7-11,16,21-25H2;1H. The number of hydrogen-bond acceptors (Lipinski definition) is 2. The number of hydrogen-bond donors (Lipinski definition) is 0. The number of piperidine rings is 1. The van der Waals surface area contributed by atoms with Crippen molar-refractivity contribution < 1.29 is 4.79 Å². The average Bonchev–Trinajstić information content (AvgIpc) is 3.46. The van der Waals surface area contributed by atoms with Crippen molar-refractivity contribution in [2.24, 2.45) is 0 Å². The number of nitrogens with zero attached hydrogens (tertiary/aromatic N) is 1. The van der Waals surface area contributed by atoms with E-state index >= 15 is 0 Å². The highest BCUT2D eigenvalue weighted by Gasteiger charge is 2.20. The molecule has 0 spiro atoms. The monoisotopic (exact) mass is 499 g/mol. The van der Waals surface area contributed by atoms with Crippen molar-refractivity contribution in [3.63, 3.8) is 0 Å². The van der Waals surface area contributed by atoms with Crippen molar-refractivity contribution >= 4 is 23.8 Å². The first-order valence-electron chi connectivity index (χ1n) is 13.5. The summed E-state index contributed by atoms with van der Waals surface area (Å²) in [5.41, 5.74) is 7.88. The molecule has 0 atom stereocenters. The highest BCUT2D eigenvalue weighted by Crippen LogP contribution is 2.34. The highest BCUT2D eigenvalue weighted by atomic mass is 35.5. The molecule has 5 rings (SSSR count). The van der Waals surface area contributed by atoms with Crippen molar-refractivity contribution in [3.8, 4) is 0 Å². The van der Waals surface area contributed by atoms with Crippen LogP contribution in [0.1, 0.15) is 84.3 Å². The molecule has 2 aliphatic rings. The zero-order valence-electron chi connectivity index (χ0n) is 21.2. The van der Waals surface area contributed by atoms with Crippen LogP contribution in [0.2, 0.25) is 0 Å². The van der Waals surface area contributed by atoms with Crippen molar-refractivity contribution in [1.29, 1.82) is 0 Å². The number of carbonyl (C=O) groups excluding carboxylic acids is 1. The molecule has 3 heteroatoms. The minimum atomic E-state index is 0. The van der Waals surface area contributed by atoms with Crippen LogP contribution in [-0.2, 0) is 0 Å². The summed E-state index contributed by atoms with van der Waals surface area (Å²) in [5.74, 6) is 0.998. The molecule has 0 unspecified atom stereocenters. The van der Waals surface area contributed by atoms with Gasteiger partial charge >= 0.3 is 0 Å².